The van der Waals surface area contributed by atoms with Crippen LogP contribution in [0.1, 0.15) is 33.5 Å². The fraction of sp³-hybridized carbons (Fsp3) is 0.333. The summed E-state index contributed by atoms with van der Waals surface area (Å²) in [6, 6.07) is 9.96. The molecule has 3 rings (SSSR count). The third-order valence-electron chi connectivity index (χ3n) is 3.65. The molecule has 110 valence electrons. The van der Waals surface area contributed by atoms with E-state index in [4.69, 9.17) is 4.42 Å². The molecule has 0 aliphatic rings. The average Bonchev–Trinajstić information content (AvgIpc) is 2.88. The van der Waals surface area contributed by atoms with E-state index in [9.17, 15) is 5.11 Å². The zero-order valence-corrected chi connectivity index (χ0v) is 13.7. The van der Waals surface area contributed by atoms with Crippen LogP contribution >= 0.6 is 11.8 Å². The van der Waals surface area contributed by atoms with Crippen molar-refractivity contribution in [2.24, 2.45) is 0 Å². The molecule has 1 N–H and O–H groups in total. The maximum atomic E-state index is 10.6. The van der Waals surface area contributed by atoms with Gasteiger partial charge >= 0.3 is 0 Å². The maximum Gasteiger partial charge on any atom is 0.143 e. The van der Waals surface area contributed by atoms with Gasteiger partial charge in [-0.25, -0.2) is 0 Å². The second-order valence-electron chi connectivity index (χ2n) is 6.26. The molecule has 0 aliphatic carbocycles. The fourth-order valence-corrected chi connectivity index (χ4v) is 3.40. The Morgan fingerprint density at radius 3 is 2.38 bits per heavy atom. The van der Waals surface area contributed by atoms with E-state index in [1.54, 1.807) is 11.8 Å². The number of fused-ring (bicyclic) bond motifs is 3. The van der Waals surface area contributed by atoms with E-state index in [2.05, 4.69) is 33.8 Å². The van der Waals surface area contributed by atoms with Gasteiger partial charge in [-0.3, -0.25) is 0 Å². The molecule has 0 saturated carbocycles. The summed E-state index contributed by atoms with van der Waals surface area (Å²) < 4.78 is 6.16. The highest BCUT2D eigenvalue weighted by Crippen LogP contribution is 2.45. The van der Waals surface area contributed by atoms with E-state index in [0.29, 0.717) is 5.75 Å². The van der Waals surface area contributed by atoms with E-state index in [1.807, 2.05) is 24.3 Å². The zero-order valence-electron chi connectivity index (χ0n) is 12.9. The number of aromatic hydroxyl groups is 1. The number of furan rings is 1. The molecule has 0 unspecified atom stereocenters. The molecule has 1 aromatic heterocycles. The Morgan fingerprint density at radius 2 is 1.76 bits per heavy atom. The molecule has 0 aliphatic heterocycles. The smallest absolute Gasteiger partial charge is 0.143 e. The van der Waals surface area contributed by atoms with Gasteiger partial charge in [0.25, 0.3) is 0 Å². The molecule has 0 spiro atoms. The van der Waals surface area contributed by atoms with E-state index >= 15 is 0 Å². The van der Waals surface area contributed by atoms with Crippen LogP contribution < -0.4 is 0 Å². The largest absolute Gasteiger partial charge is 0.506 e. The molecule has 2 nitrogen and oxygen atoms in total. The Morgan fingerprint density at radius 1 is 1.10 bits per heavy atom. The second kappa shape index (κ2) is 4.99. The predicted molar refractivity (Wildman–Crippen MR) is 90.5 cm³/mol. The molecule has 0 saturated heterocycles. The minimum atomic E-state index is -0.0517. The van der Waals surface area contributed by atoms with Gasteiger partial charge in [0, 0.05) is 21.6 Å². The Balaban J connectivity index is 2.46. The minimum absolute atomic E-state index is 0.0517. The van der Waals surface area contributed by atoms with Gasteiger partial charge in [0.05, 0.1) is 4.90 Å². The average molecular weight is 300 g/mol. The van der Waals surface area contributed by atoms with Crippen LogP contribution in [0.5, 0.6) is 5.75 Å². The van der Waals surface area contributed by atoms with E-state index in [1.165, 1.54) is 0 Å². The summed E-state index contributed by atoms with van der Waals surface area (Å²) in [4.78, 5) is 0.922. The van der Waals surface area contributed by atoms with Crippen LogP contribution in [-0.4, -0.2) is 10.9 Å². The van der Waals surface area contributed by atoms with Crippen molar-refractivity contribution in [2.45, 2.75) is 38.0 Å². The number of hydrogen-bond donors (Lipinski definition) is 1. The lowest BCUT2D eigenvalue weighted by atomic mass is 9.93. The number of benzene rings is 2. The number of thioether (sulfide) groups is 1. The van der Waals surface area contributed by atoms with Crippen molar-refractivity contribution in [3.63, 3.8) is 0 Å². The summed E-state index contributed by atoms with van der Waals surface area (Å²) in [5, 5.41) is 13.5. The van der Waals surface area contributed by atoms with Gasteiger partial charge in [-0.2, -0.15) is 0 Å². The summed E-state index contributed by atoms with van der Waals surface area (Å²) in [7, 11) is 0. The fourth-order valence-electron chi connectivity index (χ4n) is 2.56. The van der Waals surface area contributed by atoms with E-state index in [-0.39, 0.29) is 5.41 Å². The second-order valence-corrected chi connectivity index (χ2v) is 7.53. The number of hydrogen-bond acceptors (Lipinski definition) is 3. The molecule has 0 radical (unpaired) electrons. The summed E-state index contributed by atoms with van der Waals surface area (Å²) in [5.41, 5.74) is 0.827. The van der Waals surface area contributed by atoms with Crippen molar-refractivity contribution in [3.05, 3.63) is 36.1 Å². The lowest BCUT2D eigenvalue weighted by Crippen LogP contribution is -2.08. The summed E-state index contributed by atoms with van der Waals surface area (Å²) in [6.45, 7) is 8.51. The molecule has 0 atom stereocenters. The van der Waals surface area contributed by atoms with Crippen molar-refractivity contribution in [2.75, 3.05) is 5.75 Å². The van der Waals surface area contributed by atoms with Gasteiger partial charge in [-0.05, 0) is 11.8 Å². The number of rotatable bonds is 2. The van der Waals surface area contributed by atoms with Crippen molar-refractivity contribution in [3.8, 4) is 5.75 Å². The topological polar surface area (TPSA) is 33.4 Å². The molecule has 0 bridgehead atoms. The lowest BCUT2D eigenvalue weighted by molar-refractivity contribution is 0.431. The van der Waals surface area contributed by atoms with Gasteiger partial charge < -0.3 is 9.52 Å². The first-order valence-corrected chi connectivity index (χ1v) is 8.22. The van der Waals surface area contributed by atoms with Crippen molar-refractivity contribution >= 4 is 33.5 Å². The van der Waals surface area contributed by atoms with Crippen LogP contribution in [0.3, 0.4) is 0 Å². The molecule has 3 heteroatoms. The Labute approximate surface area is 129 Å². The summed E-state index contributed by atoms with van der Waals surface area (Å²) >= 11 is 1.66. The van der Waals surface area contributed by atoms with Crippen molar-refractivity contribution < 1.29 is 9.52 Å². The SMILES string of the molecule is CCSc1c(O)c2ccccc2c2oc(C(C)(C)C)cc12. The standard InChI is InChI=1S/C18H20O2S/c1-5-21-17-13-10-14(18(2,3)4)20-16(13)12-9-7-6-8-11(12)15(17)19/h6-10,19H,5H2,1-4H3. The van der Waals surface area contributed by atoms with E-state index in [0.717, 1.165) is 38.2 Å². The van der Waals surface area contributed by atoms with Crippen LogP contribution in [0.4, 0.5) is 0 Å². The molecule has 2 aromatic carbocycles. The highest BCUT2D eigenvalue weighted by atomic mass is 32.2. The monoisotopic (exact) mass is 300 g/mol. The van der Waals surface area contributed by atoms with Crippen LogP contribution in [0.15, 0.2) is 39.6 Å². The molecule has 3 aromatic rings. The third kappa shape index (κ3) is 2.30. The molecular weight excluding hydrogens is 280 g/mol. The highest BCUT2D eigenvalue weighted by molar-refractivity contribution is 7.99. The number of phenolic OH excluding ortho intramolecular Hbond substituents is 1. The Kier molecular flexibility index (Phi) is 3.40. The first-order valence-electron chi connectivity index (χ1n) is 7.24. The molecule has 21 heavy (non-hydrogen) atoms. The van der Waals surface area contributed by atoms with Gasteiger partial charge in [0.1, 0.15) is 17.1 Å². The molecule has 1 heterocycles. The van der Waals surface area contributed by atoms with Crippen LogP contribution in [0.2, 0.25) is 0 Å². The van der Waals surface area contributed by atoms with Gasteiger partial charge in [-0.1, -0.05) is 52.0 Å². The predicted octanol–water partition coefficient (Wildman–Crippen LogP) is 5.70. The first-order chi connectivity index (χ1) is 9.93. The molecule has 0 amide bonds. The normalized spacial score (nSPS) is 12.4. The van der Waals surface area contributed by atoms with Crippen molar-refractivity contribution in [1.29, 1.82) is 0 Å². The quantitative estimate of drug-likeness (QED) is 0.616. The molecule has 0 fully saturated rings. The lowest BCUT2D eigenvalue weighted by Gasteiger charge is -2.13. The number of phenols is 1. The van der Waals surface area contributed by atoms with Gasteiger partial charge in [0.15, 0.2) is 0 Å². The van der Waals surface area contributed by atoms with Gasteiger partial charge in [-0.15, -0.1) is 11.8 Å². The Bertz CT molecular complexity index is 809. The van der Waals surface area contributed by atoms with Crippen LogP contribution in [0.25, 0.3) is 21.7 Å². The van der Waals surface area contributed by atoms with Crippen LogP contribution in [0, 0.1) is 0 Å². The summed E-state index contributed by atoms with van der Waals surface area (Å²) in [5.74, 6) is 2.23. The van der Waals surface area contributed by atoms with Crippen molar-refractivity contribution in [1.82, 2.24) is 0 Å². The van der Waals surface area contributed by atoms with E-state index < -0.39 is 0 Å². The zero-order chi connectivity index (χ0) is 15.2. The summed E-state index contributed by atoms with van der Waals surface area (Å²) in [6.07, 6.45) is 0. The Hall–Kier alpha value is -1.61. The first kappa shape index (κ1) is 14.3. The minimum Gasteiger partial charge on any atom is -0.506 e. The van der Waals surface area contributed by atoms with Crippen LogP contribution in [-0.2, 0) is 5.41 Å². The molecular formula is C18H20O2S. The van der Waals surface area contributed by atoms with Gasteiger partial charge in [0.2, 0.25) is 0 Å². The maximum absolute atomic E-state index is 10.6. The highest BCUT2D eigenvalue weighted by Gasteiger charge is 2.23. The third-order valence-corrected chi connectivity index (χ3v) is 4.64.